The Bertz CT molecular complexity index is 290. The van der Waals surface area contributed by atoms with E-state index in [1.165, 1.54) is 12.1 Å². The van der Waals surface area contributed by atoms with Crippen LogP contribution in [0, 0.1) is 5.41 Å². The van der Waals surface area contributed by atoms with Gasteiger partial charge in [-0.2, -0.15) is 0 Å². The molecule has 0 aromatic carbocycles. The standard InChI is InChI=1S/C13H25N3S/c1-13(2,3)5-6-14-7-8-16(4)9-12-10-17-11-15-12/h10-11,14H,5-9H2,1-4H3. The van der Waals surface area contributed by atoms with Gasteiger partial charge in [0.15, 0.2) is 0 Å². The molecule has 1 rings (SSSR count). The van der Waals surface area contributed by atoms with Gasteiger partial charge in [0, 0.05) is 25.0 Å². The summed E-state index contributed by atoms with van der Waals surface area (Å²) in [5, 5.41) is 5.61. The van der Waals surface area contributed by atoms with E-state index in [9.17, 15) is 0 Å². The minimum Gasteiger partial charge on any atom is -0.315 e. The number of rotatable bonds is 7. The zero-order valence-electron chi connectivity index (χ0n) is 11.5. The van der Waals surface area contributed by atoms with E-state index >= 15 is 0 Å². The lowest BCUT2D eigenvalue weighted by molar-refractivity contribution is 0.312. The van der Waals surface area contributed by atoms with Crippen LogP contribution in [0.5, 0.6) is 0 Å². The molecule has 0 amide bonds. The first-order valence-electron chi connectivity index (χ1n) is 6.24. The van der Waals surface area contributed by atoms with Crippen LogP contribution in [-0.4, -0.2) is 36.6 Å². The molecule has 0 unspecified atom stereocenters. The van der Waals surface area contributed by atoms with Gasteiger partial charge in [-0.05, 0) is 25.4 Å². The van der Waals surface area contributed by atoms with Crippen LogP contribution in [-0.2, 0) is 6.54 Å². The maximum absolute atomic E-state index is 4.29. The van der Waals surface area contributed by atoms with Crippen molar-refractivity contribution in [2.45, 2.75) is 33.7 Å². The molecule has 0 saturated heterocycles. The summed E-state index contributed by atoms with van der Waals surface area (Å²) in [7, 11) is 2.14. The van der Waals surface area contributed by atoms with Crippen LogP contribution in [0.4, 0.5) is 0 Å². The SMILES string of the molecule is CN(CCNCCC(C)(C)C)Cc1cscn1. The molecule has 0 bridgehead atoms. The van der Waals surface area contributed by atoms with Crippen LogP contribution in [0.1, 0.15) is 32.9 Å². The molecule has 1 aromatic heterocycles. The van der Waals surface area contributed by atoms with Crippen LogP contribution in [0.15, 0.2) is 10.9 Å². The third kappa shape index (κ3) is 7.47. The first-order chi connectivity index (χ1) is 7.97. The Balaban J connectivity index is 2.03. The number of nitrogens with one attached hydrogen (secondary N) is 1. The van der Waals surface area contributed by atoms with Crippen LogP contribution in [0.3, 0.4) is 0 Å². The lowest BCUT2D eigenvalue weighted by Gasteiger charge is -2.19. The van der Waals surface area contributed by atoms with Crippen LogP contribution in [0.2, 0.25) is 0 Å². The van der Waals surface area contributed by atoms with E-state index in [0.29, 0.717) is 5.41 Å². The highest BCUT2D eigenvalue weighted by Gasteiger charge is 2.08. The molecule has 0 radical (unpaired) electrons. The Morgan fingerprint density at radius 3 is 2.71 bits per heavy atom. The molecule has 0 aliphatic heterocycles. The summed E-state index contributed by atoms with van der Waals surface area (Å²) in [5.74, 6) is 0. The average Bonchev–Trinajstić information content (AvgIpc) is 2.68. The quantitative estimate of drug-likeness (QED) is 0.759. The van der Waals surface area contributed by atoms with Gasteiger partial charge in [0.2, 0.25) is 0 Å². The van der Waals surface area contributed by atoms with E-state index in [0.717, 1.165) is 26.2 Å². The Morgan fingerprint density at radius 1 is 1.35 bits per heavy atom. The summed E-state index contributed by atoms with van der Waals surface area (Å²) in [5.41, 5.74) is 3.50. The molecule has 0 spiro atoms. The average molecular weight is 255 g/mol. The van der Waals surface area contributed by atoms with Gasteiger partial charge in [-0.1, -0.05) is 20.8 Å². The molecule has 0 aliphatic carbocycles. The third-order valence-electron chi connectivity index (χ3n) is 2.64. The monoisotopic (exact) mass is 255 g/mol. The summed E-state index contributed by atoms with van der Waals surface area (Å²) >= 11 is 1.66. The Kier molecular flexibility index (Phi) is 6.09. The lowest BCUT2D eigenvalue weighted by Crippen LogP contribution is -2.30. The smallest absolute Gasteiger partial charge is 0.0795 e. The second kappa shape index (κ2) is 7.09. The van der Waals surface area contributed by atoms with Crippen molar-refractivity contribution < 1.29 is 0 Å². The Hall–Kier alpha value is -0.450. The second-order valence-electron chi connectivity index (χ2n) is 5.78. The van der Waals surface area contributed by atoms with E-state index in [2.05, 4.69) is 48.4 Å². The summed E-state index contributed by atoms with van der Waals surface area (Å²) < 4.78 is 0. The maximum atomic E-state index is 4.29. The number of aromatic nitrogens is 1. The normalized spacial score (nSPS) is 12.3. The number of nitrogens with zero attached hydrogens (tertiary/aromatic N) is 2. The van der Waals surface area contributed by atoms with Gasteiger partial charge in [-0.25, -0.2) is 4.98 Å². The molecule has 17 heavy (non-hydrogen) atoms. The molecule has 0 saturated carbocycles. The number of likely N-dealkylation sites (N-methyl/N-ethyl adjacent to an activating group) is 1. The van der Waals surface area contributed by atoms with Gasteiger partial charge in [-0.15, -0.1) is 11.3 Å². The van der Waals surface area contributed by atoms with E-state index < -0.39 is 0 Å². The van der Waals surface area contributed by atoms with Gasteiger partial charge in [0.25, 0.3) is 0 Å². The molecule has 0 atom stereocenters. The minimum absolute atomic E-state index is 0.430. The van der Waals surface area contributed by atoms with Crippen molar-refractivity contribution in [2.24, 2.45) is 5.41 Å². The highest BCUT2D eigenvalue weighted by Crippen LogP contribution is 2.16. The van der Waals surface area contributed by atoms with E-state index in [-0.39, 0.29) is 0 Å². The van der Waals surface area contributed by atoms with Crippen LogP contribution in [0.25, 0.3) is 0 Å². The minimum atomic E-state index is 0.430. The van der Waals surface area contributed by atoms with Crippen LogP contribution >= 0.6 is 11.3 Å². The maximum Gasteiger partial charge on any atom is 0.0795 e. The van der Waals surface area contributed by atoms with Crippen molar-refractivity contribution in [2.75, 3.05) is 26.7 Å². The van der Waals surface area contributed by atoms with Gasteiger partial charge < -0.3 is 5.32 Å². The third-order valence-corrected chi connectivity index (χ3v) is 3.27. The topological polar surface area (TPSA) is 28.2 Å². The fraction of sp³-hybridized carbons (Fsp3) is 0.769. The summed E-state index contributed by atoms with van der Waals surface area (Å²) in [6, 6.07) is 0. The predicted octanol–water partition coefficient (Wildman–Crippen LogP) is 2.60. The molecule has 1 aromatic rings. The zero-order chi connectivity index (χ0) is 12.7. The van der Waals surface area contributed by atoms with E-state index in [1.807, 2.05) is 5.51 Å². The van der Waals surface area contributed by atoms with Gasteiger partial charge in [0.1, 0.15) is 0 Å². The highest BCUT2D eigenvalue weighted by molar-refractivity contribution is 7.07. The highest BCUT2D eigenvalue weighted by atomic mass is 32.1. The van der Waals surface area contributed by atoms with E-state index in [4.69, 9.17) is 0 Å². The molecule has 1 heterocycles. The predicted molar refractivity (Wildman–Crippen MR) is 75.4 cm³/mol. The molecule has 1 N–H and O–H groups in total. The van der Waals surface area contributed by atoms with Crippen molar-refractivity contribution in [1.29, 1.82) is 0 Å². The van der Waals surface area contributed by atoms with Gasteiger partial charge >= 0.3 is 0 Å². The first kappa shape index (κ1) is 14.6. The first-order valence-corrected chi connectivity index (χ1v) is 7.18. The number of hydrogen-bond donors (Lipinski definition) is 1. The van der Waals surface area contributed by atoms with Crippen molar-refractivity contribution in [3.8, 4) is 0 Å². The fourth-order valence-corrected chi connectivity index (χ4v) is 2.08. The van der Waals surface area contributed by atoms with Crippen LogP contribution < -0.4 is 5.32 Å². The molecular weight excluding hydrogens is 230 g/mol. The summed E-state index contributed by atoms with van der Waals surface area (Å²) in [6.07, 6.45) is 1.23. The number of thiazole rings is 1. The molecule has 0 aliphatic rings. The second-order valence-corrected chi connectivity index (χ2v) is 6.50. The Labute approximate surface area is 109 Å². The van der Waals surface area contributed by atoms with Crippen molar-refractivity contribution in [1.82, 2.24) is 15.2 Å². The zero-order valence-corrected chi connectivity index (χ0v) is 12.3. The largest absolute Gasteiger partial charge is 0.315 e. The summed E-state index contributed by atoms with van der Waals surface area (Å²) in [4.78, 5) is 6.59. The Morgan fingerprint density at radius 2 is 2.12 bits per heavy atom. The molecule has 0 fully saturated rings. The number of hydrogen-bond acceptors (Lipinski definition) is 4. The molecular formula is C13H25N3S. The molecule has 3 nitrogen and oxygen atoms in total. The van der Waals surface area contributed by atoms with Crippen molar-refractivity contribution >= 4 is 11.3 Å². The molecule has 98 valence electrons. The molecule has 4 heteroatoms. The van der Waals surface area contributed by atoms with Gasteiger partial charge in [0.05, 0.1) is 11.2 Å². The summed E-state index contributed by atoms with van der Waals surface area (Å²) in [6.45, 7) is 11.0. The van der Waals surface area contributed by atoms with Crippen molar-refractivity contribution in [3.63, 3.8) is 0 Å². The lowest BCUT2D eigenvalue weighted by atomic mass is 9.92. The van der Waals surface area contributed by atoms with Crippen molar-refractivity contribution in [3.05, 3.63) is 16.6 Å². The fourth-order valence-electron chi connectivity index (χ4n) is 1.53. The van der Waals surface area contributed by atoms with Gasteiger partial charge in [-0.3, -0.25) is 4.90 Å². The van der Waals surface area contributed by atoms with E-state index in [1.54, 1.807) is 11.3 Å².